The highest BCUT2D eigenvalue weighted by atomic mass is 16.5. The summed E-state index contributed by atoms with van der Waals surface area (Å²) in [5, 5.41) is 9.96. The summed E-state index contributed by atoms with van der Waals surface area (Å²) in [5.74, 6) is 0.315. The van der Waals surface area contributed by atoms with Crippen LogP contribution in [0.3, 0.4) is 0 Å². The number of nitrogens with zero attached hydrogens (tertiary/aromatic N) is 1. The molecule has 1 aromatic heterocycles. The van der Waals surface area contributed by atoms with Gasteiger partial charge in [0, 0.05) is 22.7 Å². The molecule has 4 nitrogen and oxygen atoms in total. The van der Waals surface area contributed by atoms with Crippen LogP contribution in [0.1, 0.15) is 28.4 Å². The molecule has 0 aliphatic heterocycles. The Balaban J connectivity index is 1.83. The standard InChI is InChI=1S/C19H16N2O2/c1-2-13-7-5-8-15-16(11-21-19(13)15)17(22)12-23-18-9-4-3-6-14(18)10-20/h3-9,11,21H,2,12H2,1H3. The normalized spacial score (nSPS) is 10.4. The summed E-state index contributed by atoms with van der Waals surface area (Å²) in [6, 6.07) is 14.9. The SMILES string of the molecule is CCc1cccc2c(C(=O)COc3ccccc3C#N)c[nH]c12. The van der Waals surface area contributed by atoms with Gasteiger partial charge in [-0.2, -0.15) is 5.26 Å². The highest BCUT2D eigenvalue weighted by Crippen LogP contribution is 2.23. The molecule has 0 saturated carbocycles. The number of Topliss-reactive ketones (excluding diaryl/α,β-unsaturated/α-hetero) is 1. The van der Waals surface area contributed by atoms with Crippen LogP contribution in [0.2, 0.25) is 0 Å². The first-order valence-corrected chi connectivity index (χ1v) is 7.48. The number of aromatic amines is 1. The summed E-state index contributed by atoms with van der Waals surface area (Å²) in [6.07, 6.45) is 2.63. The number of hydrogen-bond acceptors (Lipinski definition) is 3. The van der Waals surface area contributed by atoms with E-state index in [0.717, 1.165) is 17.3 Å². The monoisotopic (exact) mass is 304 g/mol. The first kappa shape index (κ1) is 14.9. The van der Waals surface area contributed by atoms with Crippen molar-refractivity contribution in [2.75, 3.05) is 6.61 Å². The van der Waals surface area contributed by atoms with Crippen LogP contribution >= 0.6 is 0 Å². The van der Waals surface area contributed by atoms with Crippen LogP contribution in [0.25, 0.3) is 10.9 Å². The molecule has 0 radical (unpaired) electrons. The maximum absolute atomic E-state index is 12.5. The number of ketones is 1. The number of H-pyrrole nitrogens is 1. The van der Waals surface area contributed by atoms with E-state index >= 15 is 0 Å². The third kappa shape index (κ3) is 2.82. The molecule has 3 rings (SSSR count). The van der Waals surface area contributed by atoms with Crippen LogP contribution in [0, 0.1) is 11.3 Å². The first-order chi connectivity index (χ1) is 11.2. The van der Waals surface area contributed by atoms with Gasteiger partial charge in [0.25, 0.3) is 0 Å². The number of ether oxygens (including phenoxy) is 1. The van der Waals surface area contributed by atoms with Crippen molar-refractivity contribution in [2.45, 2.75) is 13.3 Å². The molecule has 0 amide bonds. The van der Waals surface area contributed by atoms with Crippen LogP contribution in [-0.2, 0) is 6.42 Å². The minimum absolute atomic E-state index is 0.0952. The predicted molar refractivity (Wildman–Crippen MR) is 88.7 cm³/mol. The van der Waals surface area contributed by atoms with Gasteiger partial charge in [-0.1, -0.05) is 37.3 Å². The van der Waals surface area contributed by atoms with Gasteiger partial charge < -0.3 is 9.72 Å². The summed E-state index contributed by atoms with van der Waals surface area (Å²) in [4.78, 5) is 15.6. The number of nitriles is 1. The number of benzene rings is 2. The maximum Gasteiger partial charge on any atom is 0.202 e. The number of carbonyl (C=O) groups is 1. The zero-order valence-electron chi connectivity index (χ0n) is 12.8. The van der Waals surface area contributed by atoms with Gasteiger partial charge >= 0.3 is 0 Å². The third-order valence-electron chi connectivity index (χ3n) is 3.85. The van der Waals surface area contributed by atoms with E-state index in [1.165, 1.54) is 5.56 Å². The molecule has 0 aliphatic carbocycles. The quantitative estimate of drug-likeness (QED) is 0.728. The Hall–Kier alpha value is -3.06. The van der Waals surface area contributed by atoms with Crippen LogP contribution in [-0.4, -0.2) is 17.4 Å². The topological polar surface area (TPSA) is 65.9 Å². The lowest BCUT2D eigenvalue weighted by Gasteiger charge is -2.06. The molecular weight excluding hydrogens is 288 g/mol. The second kappa shape index (κ2) is 6.37. The molecule has 23 heavy (non-hydrogen) atoms. The zero-order chi connectivity index (χ0) is 16.2. The molecule has 1 N–H and O–H groups in total. The lowest BCUT2D eigenvalue weighted by molar-refractivity contribution is 0.0923. The molecule has 0 saturated heterocycles. The van der Waals surface area contributed by atoms with Crippen molar-refractivity contribution in [3.05, 3.63) is 65.4 Å². The van der Waals surface area contributed by atoms with E-state index in [4.69, 9.17) is 10.00 Å². The Morgan fingerprint density at radius 2 is 2.04 bits per heavy atom. The Bertz CT molecular complexity index is 903. The number of rotatable bonds is 5. The fourth-order valence-electron chi connectivity index (χ4n) is 2.65. The lowest BCUT2D eigenvalue weighted by Crippen LogP contribution is -2.11. The third-order valence-corrected chi connectivity index (χ3v) is 3.85. The van der Waals surface area contributed by atoms with E-state index < -0.39 is 0 Å². The van der Waals surface area contributed by atoms with Crippen molar-refractivity contribution < 1.29 is 9.53 Å². The summed E-state index contributed by atoms with van der Waals surface area (Å²) in [6.45, 7) is 1.99. The predicted octanol–water partition coefficient (Wildman–Crippen LogP) is 3.86. The molecule has 0 bridgehead atoms. The van der Waals surface area contributed by atoms with Crippen molar-refractivity contribution >= 4 is 16.7 Å². The first-order valence-electron chi connectivity index (χ1n) is 7.48. The van der Waals surface area contributed by atoms with E-state index in [2.05, 4.69) is 18.0 Å². The molecule has 0 spiro atoms. The van der Waals surface area contributed by atoms with Gasteiger partial charge in [0.2, 0.25) is 5.78 Å². The van der Waals surface area contributed by atoms with Gasteiger partial charge in [-0.15, -0.1) is 0 Å². The van der Waals surface area contributed by atoms with E-state index in [-0.39, 0.29) is 12.4 Å². The second-order valence-corrected chi connectivity index (χ2v) is 5.22. The average molecular weight is 304 g/mol. The van der Waals surface area contributed by atoms with E-state index in [1.807, 2.05) is 18.2 Å². The second-order valence-electron chi connectivity index (χ2n) is 5.22. The van der Waals surface area contributed by atoms with Crippen molar-refractivity contribution in [3.8, 4) is 11.8 Å². The van der Waals surface area contributed by atoms with Crippen molar-refractivity contribution in [1.82, 2.24) is 4.98 Å². The summed E-state index contributed by atoms with van der Waals surface area (Å²) < 4.78 is 5.53. The molecule has 0 aliphatic rings. The van der Waals surface area contributed by atoms with Crippen molar-refractivity contribution in [2.24, 2.45) is 0 Å². The average Bonchev–Trinajstić information content (AvgIpc) is 3.04. The van der Waals surface area contributed by atoms with E-state index in [1.54, 1.807) is 30.5 Å². The number of hydrogen-bond donors (Lipinski definition) is 1. The van der Waals surface area contributed by atoms with Crippen LogP contribution in [0.4, 0.5) is 0 Å². The van der Waals surface area contributed by atoms with Gasteiger partial charge in [0.05, 0.1) is 5.56 Å². The maximum atomic E-state index is 12.5. The smallest absolute Gasteiger partial charge is 0.202 e. The van der Waals surface area contributed by atoms with Gasteiger partial charge in [-0.05, 0) is 24.1 Å². The minimum Gasteiger partial charge on any atom is -0.484 e. The molecule has 3 aromatic rings. The van der Waals surface area contributed by atoms with E-state index in [0.29, 0.717) is 16.9 Å². The van der Waals surface area contributed by atoms with Gasteiger partial charge in [-0.25, -0.2) is 0 Å². The zero-order valence-corrected chi connectivity index (χ0v) is 12.8. The summed E-state index contributed by atoms with van der Waals surface area (Å²) in [7, 11) is 0. The fraction of sp³-hybridized carbons (Fsp3) is 0.158. The molecule has 0 atom stereocenters. The van der Waals surface area contributed by atoms with Crippen LogP contribution in [0.15, 0.2) is 48.7 Å². The molecular formula is C19H16N2O2. The number of aryl methyl sites for hydroxylation is 1. The molecule has 0 unspecified atom stereocenters. The lowest BCUT2D eigenvalue weighted by atomic mass is 10.1. The molecule has 4 heteroatoms. The largest absolute Gasteiger partial charge is 0.484 e. The Morgan fingerprint density at radius 3 is 2.83 bits per heavy atom. The Labute approximate surface area is 134 Å². The highest BCUT2D eigenvalue weighted by Gasteiger charge is 2.14. The van der Waals surface area contributed by atoms with Crippen LogP contribution in [0.5, 0.6) is 5.75 Å². The number of nitrogens with one attached hydrogen (secondary N) is 1. The molecule has 0 fully saturated rings. The van der Waals surface area contributed by atoms with Crippen LogP contribution < -0.4 is 4.74 Å². The van der Waals surface area contributed by atoms with Gasteiger partial charge in [-0.3, -0.25) is 4.79 Å². The number of para-hydroxylation sites is 2. The Morgan fingerprint density at radius 1 is 1.22 bits per heavy atom. The molecule has 114 valence electrons. The molecule has 1 heterocycles. The molecule has 2 aromatic carbocycles. The number of aromatic nitrogens is 1. The summed E-state index contributed by atoms with van der Waals surface area (Å²) in [5.41, 5.74) is 3.21. The number of carbonyl (C=O) groups excluding carboxylic acids is 1. The minimum atomic E-state index is -0.114. The van der Waals surface area contributed by atoms with Crippen molar-refractivity contribution in [1.29, 1.82) is 5.26 Å². The Kier molecular flexibility index (Phi) is 4.11. The van der Waals surface area contributed by atoms with Gasteiger partial charge in [0.1, 0.15) is 11.8 Å². The number of fused-ring (bicyclic) bond motifs is 1. The van der Waals surface area contributed by atoms with Gasteiger partial charge in [0.15, 0.2) is 6.61 Å². The highest BCUT2D eigenvalue weighted by molar-refractivity contribution is 6.09. The van der Waals surface area contributed by atoms with E-state index in [9.17, 15) is 4.79 Å². The summed E-state index contributed by atoms with van der Waals surface area (Å²) >= 11 is 0. The fourth-order valence-corrected chi connectivity index (χ4v) is 2.65. The van der Waals surface area contributed by atoms with Crippen molar-refractivity contribution in [3.63, 3.8) is 0 Å².